The van der Waals surface area contributed by atoms with Crippen LogP contribution < -0.4 is 5.48 Å². The second kappa shape index (κ2) is 5.55. The van der Waals surface area contributed by atoms with Crippen molar-refractivity contribution in [1.29, 1.82) is 0 Å². The number of rotatable bonds is 3. The Hall–Kier alpha value is -0.773. The Balaban J connectivity index is 5.00. The maximum absolute atomic E-state index is 12.3. The van der Waals surface area contributed by atoms with Crippen molar-refractivity contribution < 1.29 is 35.7 Å². The van der Waals surface area contributed by atoms with Gasteiger partial charge in [-0.05, 0) is 18.1 Å². The minimum atomic E-state index is -5.72. The molecule has 1 N–H and O–H groups in total. The van der Waals surface area contributed by atoms with Gasteiger partial charge in [-0.2, -0.15) is 26.3 Å². The number of nitrogens with one attached hydrogen (secondary N) is 1. The summed E-state index contributed by atoms with van der Waals surface area (Å²) in [6.07, 6.45) is -11.4. The Bertz CT molecular complexity index is 344. The van der Waals surface area contributed by atoms with E-state index in [2.05, 4.69) is 0 Å². The van der Waals surface area contributed by atoms with E-state index in [1.165, 1.54) is 5.48 Å². The van der Waals surface area contributed by atoms with E-state index in [1.807, 2.05) is 0 Å². The van der Waals surface area contributed by atoms with Crippen molar-refractivity contribution in [2.45, 2.75) is 51.3 Å². The topological polar surface area (TPSA) is 38.3 Å². The molecule has 0 aromatic heterocycles. The lowest BCUT2D eigenvalue weighted by Crippen LogP contribution is -2.52. The fourth-order valence-electron chi connectivity index (χ4n) is 0.873. The monoisotopic (exact) mass is 325 g/mol. The number of hydrogen-bond donors (Lipinski definition) is 1. The molecule has 1 amide bonds. The summed E-state index contributed by atoms with van der Waals surface area (Å²) < 4.78 is 78.6. The second-order valence-corrected chi connectivity index (χ2v) is 10.6. The highest BCUT2D eigenvalue weighted by molar-refractivity contribution is 6.74. The number of amides is 1. The molecule has 3 nitrogen and oxygen atoms in total. The van der Waals surface area contributed by atoms with Gasteiger partial charge in [0.05, 0.1) is 0 Å². The Morgan fingerprint density at radius 3 is 1.60 bits per heavy atom. The number of carbonyl (C=O) groups excluding carboxylic acids is 1. The highest BCUT2D eigenvalue weighted by Gasteiger charge is 2.61. The molecule has 0 saturated heterocycles. The zero-order chi connectivity index (χ0) is 16.6. The van der Waals surface area contributed by atoms with Crippen molar-refractivity contribution in [1.82, 2.24) is 5.48 Å². The van der Waals surface area contributed by atoms with Crippen LogP contribution in [0, 0.1) is 5.92 Å². The first-order chi connectivity index (χ1) is 8.50. The molecular weight excluding hydrogens is 308 g/mol. The summed E-state index contributed by atoms with van der Waals surface area (Å²) in [5, 5.41) is -0.480. The fourth-order valence-corrected chi connectivity index (χ4v) is 1.53. The molecular formula is C10H17F6NO2Si. The van der Waals surface area contributed by atoms with Crippen molar-refractivity contribution in [2.24, 2.45) is 5.92 Å². The zero-order valence-corrected chi connectivity index (χ0v) is 12.7. The van der Waals surface area contributed by atoms with Crippen LogP contribution in [0.15, 0.2) is 0 Å². The van der Waals surface area contributed by atoms with Crippen LogP contribution >= 0.6 is 0 Å². The number of alkyl halides is 6. The third kappa shape index (κ3) is 4.96. The molecule has 0 bridgehead atoms. The van der Waals surface area contributed by atoms with E-state index in [-0.39, 0.29) is 0 Å². The Kier molecular flexibility index (Phi) is 5.33. The van der Waals surface area contributed by atoms with Gasteiger partial charge in [0.1, 0.15) is 0 Å². The van der Waals surface area contributed by atoms with Crippen molar-refractivity contribution in [3.63, 3.8) is 0 Å². The van der Waals surface area contributed by atoms with Gasteiger partial charge in [-0.1, -0.05) is 20.8 Å². The van der Waals surface area contributed by atoms with Crippen LogP contribution in [-0.4, -0.2) is 26.6 Å². The minimum Gasteiger partial charge on any atom is -0.320 e. The molecule has 0 saturated carbocycles. The molecule has 0 aliphatic carbocycles. The predicted molar refractivity (Wildman–Crippen MR) is 62.0 cm³/mol. The lowest BCUT2D eigenvalue weighted by Gasteiger charge is -2.35. The number of carbonyl (C=O) groups is 1. The Morgan fingerprint density at radius 1 is 1.00 bits per heavy atom. The van der Waals surface area contributed by atoms with Gasteiger partial charge in [0.2, 0.25) is 14.2 Å². The molecule has 0 aliphatic heterocycles. The molecule has 0 aromatic rings. The maximum atomic E-state index is 12.3. The summed E-state index contributed by atoms with van der Waals surface area (Å²) >= 11 is 0. The smallest absolute Gasteiger partial charge is 0.320 e. The quantitative estimate of drug-likeness (QED) is 0.487. The third-order valence-electron chi connectivity index (χ3n) is 3.13. The lowest BCUT2D eigenvalue weighted by molar-refractivity contribution is -0.276. The first kappa shape index (κ1) is 19.2. The lowest BCUT2D eigenvalue weighted by atomic mass is 10.1. The third-order valence-corrected chi connectivity index (χ3v) is 7.35. The molecule has 20 heavy (non-hydrogen) atoms. The summed E-state index contributed by atoms with van der Waals surface area (Å²) in [5.41, 5.74) is 1.33. The van der Waals surface area contributed by atoms with Crippen LogP contribution in [0.5, 0.6) is 0 Å². The first-order valence-corrected chi connectivity index (χ1v) is 8.52. The molecule has 10 heteroatoms. The van der Waals surface area contributed by atoms with Gasteiger partial charge in [0.25, 0.3) is 5.91 Å². The average Bonchev–Trinajstić information content (AvgIpc) is 2.07. The van der Waals surface area contributed by atoms with Crippen LogP contribution in [0.2, 0.25) is 18.1 Å². The van der Waals surface area contributed by atoms with Gasteiger partial charge in [-0.15, -0.1) is 0 Å². The molecule has 0 rings (SSSR count). The molecule has 0 aliphatic rings. The number of halogens is 6. The SMILES string of the molecule is CC(C)(C)[Si](C)(C)ONC(=O)C(C(F)(F)F)C(F)(F)F. The van der Waals surface area contributed by atoms with E-state index < -0.39 is 37.5 Å². The van der Waals surface area contributed by atoms with Crippen LogP contribution in [0.25, 0.3) is 0 Å². The summed E-state index contributed by atoms with van der Waals surface area (Å²) in [4.78, 5) is 11.2. The highest BCUT2D eigenvalue weighted by Crippen LogP contribution is 2.40. The molecule has 0 atom stereocenters. The van der Waals surface area contributed by atoms with Crippen molar-refractivity contribution in [3.05, 3.63) is 0 Å². The fraction of sp³-hybridized carbons (Fsp3) is 0.900. The highest BCUT2D eigenvalue weighted by atomic mass is 28.4. The maximum Gasteiger partial charge on any atom is 0.409 e. The molecule has 0 unspecified atom stereocenters. The minimum absolute atomic E-state index is 0.480. The molecule has 0 heterocycles. The largest absolute Gasteiger partial charge is 0.409 e. The van der Waals surface area contributed by atoms with E-state index in [1.54, 1.807) is 33.9 Å². The molecule has 0 spiro atoms. The number of hydrogen-bond acceptors (Lipinski definition) is 2. The summed E-state index contributed by atoms with van der Waals surface area (Å²) in [5.74, 6) is -6.35. The van der Waals surface area contributed by atoms with Gasteiger partial charge < -0.3 is 4.53 Å². The van der Waals surface area contributed by atoms with Gasteiger partial charge in [-0.3, -0.25) is 4.79 Å². The summed E-state index contributed by atoms with van der Waals surface area (Å²) in [6.45, 7) is 8.30. The van der Waals surface area contributed by atoms with E-state index in [4.69, 9.17) is 4.53 Å². The average molecular weight is 325 g/mol. The normalized spacial score (nSPS) is 14.6. The van der Waals surface area contributed by atoms with Crippen molar-refractivity contribution >= 4 is 14.2 Å². The molecule has 0 aromatic carbocycles. The van der Waals surface area contributed by atoms with E-state index in [0.29, 0.717) is 0 Å². The van der Waals surface area contributed by atoms with Gasteiger partial charge in [-0.25, -0.2) is 5.48 Å². The first-order valence-electron chi connectivity index (χ1n) is 5.61. The van der Waals surface area contributed by atoms with Gasteiger partial charge in [0, 0.05) is 0 Å². The van der Waals surface area contributed by atoms with E-state index in [0.717, 1.165) is 0 Å². The van der Waals surface area contributed by atoms with Crippen molar-refractivity contribution in [3.8, 4) is 0 Å². The summed E-state index contributed by atoms with van der Waals surface area (Å²) in [7, 11) is -2.70. The van der Waals surface area contributed by atoms with Crippen molar-refractivity contribution in [2.75, 3.05) is 0 Å². The van der Waals surface area contributed by atoms with Crippen LogP contribution in [0.4, 0.5) is 26.3 Å². The second-order valence-electron chi connectivity index (χ2n) is 5.84. The van der Waals surface area contributed by atoms with Crippen LogP contribution in [0.1, 0.15) is 20.8 Å². The molecule has 120 valence electrons. The Labute approximate surface area is 113 Å². The molecule has 0 radical (unpaired) electrons. The number of hydroxylamine groups is 1. The zero-order valence-electron chi connectivity index (χ0n) is 11.7. The van der Waals surface area contributed by atoms with E-state index >= 15 is 0 Å². The van der Waals surface area contributed by atoms with Gasteiger partial charge >= 0.3 is 12.4 Å². The van der Waals surface area contributed by atoms with Crippen LogP contribution in [-0.2, 0) is 9.32 Å². The van der Waals surface area contributed by atoms with Gasteiger partial charge in [0.15, 0.2) is 0 Å². The standard InChI is InChI=1S/C10H17F6NO2Si/c1-8(2,3)20(4,5)19-17-7(18)6(9(11,12)13)10(14,15)16/h6H,1-5H3,(H,17,18). The van der Waals surface area contributed by atoms with E-state index in [9.17, 15) is 31.1 Å². The van der Waals surface area contributed by atoms with Crippen LogP contribution in [0.3, 0.4) is 0 Å². The summed E-state index contributed by atoms with van der Waals surface area (Å²) in [6, 6.07) is 0. The molecule has 0 fully saturated rings. The Morgan fingerprint density at radius 2 is 1.35 bits per heavy atom. The predicted octanol–water partition coefficient (Wildman–Crippen LogP) is 3.78.